The number of para-hydroxylation sites is 2. The largest absolute Gasteiger partial charge is 0.492 e. The topological polar surface area (TPSA) is 96.0 Å². The van der Waals surface area contributed by atoms with Crippen molar-refractivity contribution in [1.29, 1.82) is 0 Å². The van der Waals surface area contributed by atoms with E-state index in [2.05, 4.69) is 5.32 Å². The summed E-state index contributed by atoms with van der Waals surface area (Å²) in [5.74, 6) is -0.696. The monoisotopic (exact) mass is 729 g/mol. The Bertz CT molecular complexity index is 1790. The van der Waals surface area contributed by atoms with Gasteiger partial charge in [-0.2, -0.15) is 0 Å². The second-order valence-corrected chi connectivity index (χ2v) is 14.1. The lowest BCUT2D eigenvalue weighted by Crippen LogP contribution is -2.53. The summed E-state index contributed by atoms with van der Waals surface area (Å²) in [4.78, 5) is 29.9. The van der Waals surface area contributed by atoms with E-state index in [9.17, 15) is 18.0 Å². The molecule has 2 amide bonds. The second-order valence-electron chi connectivity index (χ2n) is 11.0. The molecule has 0 saturated carbocycles. The van der Waals surface area contributed by atoms with Gasteiger partial charge in [-0.3, -0.25) is 13.9 Å². The number of benzene rings is 4. The quantitative estimate of drug-likeness (QED) is 0.119. The van der Waals surface area contributed by atoms with E-state index in [0.29, 0.717) is 22.2 Å². The number of rotatable bonds is 16. The van der Waals surface area contributed by atoms with Gasteiger partial charge in [0.25, 0.3) is 10.0 Å². The Morgan fingerprint density at radius 1 is 0.833 bits per heavy atom. The number of hydrogen-bond donors (Lipinski definition) is 1. The maximum absolute atomic E-state index is 14.7. The molecule has 4 aromatic carbocycles. The predicted octanol–water partition coefficient (Wildman–Crippen LogP) is 7.80. The van der Waals surface area contributed by atoms with E-state index < -0.39 is 28.5 Å². The zero-order valence-electron chi connectivity index (χ0n) is 26.7. The van der Waals surface area contributed by atoms with Crippen LogP contribution in [0.25, 0.3) is 0 Å². The number of carbonyl (C=O) groups is 2. The molecule has 1 N–H and O–H groups in total. The third-order valence-corrected chi connectivity index (χ3v) is 10.3. The summed E-state index contributed by atoms with van der Waals surface area (Å²) in [5, 5.41) is 3.95. The SMILES string of the molecule is CCCCNC(=O)C(Cc1ccccc1)N(Cc1ccc(Cl)c(Cl)c1)C(=O)CN(c1ccccc1OCC)S(=O)(=O)c1ccc(Cl)cc1. The third kappa shape index (κ3) is 9.66. The highest BCUT2D eigenvalue weighted by Crippen LogP contribution is 2.33. The number of halogens is 3. The third-order valence-electron chi connectivity index (χ3n) is 7.55. The molecule has 0 radical (unpaired) electrons. The van der Waals surface area contributed by atoms with Gasteiger partial charge in [-0.15, -0.1) is 0 Å². The van der Waals surface area contributed by atoms with Gasteiger partial charge >= 0.3 is 0 Å². The number of unbranched alkanes of at least 4 members (excludes halogenated alkanes) is 1. The van der Waals surface area contributed by atoms with Crippen LogP contribution in [0, 0.1) is 0 Å². The van der Waals surface area contributed by atoms with E-state index in [1.165, 1.54) is 29.2 Å². The van der Waals surface area contributed by atoms with Crippen molar-refractivity contribution in [2.45, 2.75) is 50.6 Å². The summed E-state index contributed by atoms with van der Waals surface area (Å²) in [6.07, 6.45) is 1.81. The Balaban J connectivity index is 1.84. The molecule has 8 nitrogen and oxygen atoms in total. The van der Waals surface area contributed by atoms with Gasteiger partial charge in [0.05, 0.1) is 27.2 Å². The van der Waals surface area contributed by atoms with Crippen LogP contribution in [-0.2, 0) is 32.6 Å². The summed E-state index contributed by atoms with van der Waals surface area (Å²) in [6, 6.07) is 25.6. The molecule has 0 heterocycles. The minimum Gasteiger partial charge on any atom is -0.492 e. The first-order valence-electron chi connectivity index (χ1n) is 15.6. The average Bonchev–Trinajstić information content (AvgIpc) is 3.08. The van der Waals surface area contributed by atoms with Gasteiger partial charge in [0.15, 0.2) is 0 Å². The standard InChI is InChI=1S/C36H38Cl3N3O5S/c1-3-5-21-40-36(44)33(23-26-11-7-6-8-12-26)41(24-27-15-20-30(38)31(39)22-27)35(43)25-42(32-13-9-10-14-34(32)47-4-2)48(45,46)29-18-16-28(37)17-19-29/h6-20,22,33H,3-5,21,23-25H2,1-2H3,(H,40,44). The fraction of sp³-hybridized carbons (Fsp3) is 0.278. The zero-order valence-corrected chi connectivity index (χ0v) is 29.8. The van der Waals surface area contributed by atoms with E-state index >= 15 is 0 Å². The molecule has 1 atom stereocenters. The highest BCUT2D eigenvalue weighted by molar-refractivity contribution is 7.92. The molecule has 254 valence electrons. The fourth-order valence-electron chi connectivity index (χ4n) is 5.08. The summed E-state index contributed by atoms with van der Waals surface area (Å²) in [6.45, 7) is 3.81. The Morgan fingerprint density at radius 3 is 2.19 bits per heavy atom. The smallest absolute Gasteiger partial charge is 0.264 e. The maximum atomic E-state index is 14.7. The molecule has 1 unspecified atom stereocenters. The van der Waals surface area contributed by atoms with E-state index in [-0.39, 0.29) is 46.8 Å². The van der Waals surface area contributed by atoms with Gasteiger partial charge in [0, 0.05) is 24.5 Å². The van der Waals surface area contributed by atoms with Crippen LogP contribution in [0.4, 0.5) is 5.69 Å². The van der Waals surface area contributed by atoms with Crippen molar-refractivity contribution in [2.75, 3.05) is 24.0 Å². The number of hydrogen-bond acceptors (Lipinski definition) is 5. The van der Waals surface area contributed by atoms with Crippen LogP contribution in [0.1, 0.15) is 37.8 Å². The van der Waals surface area contributed by atoms with E-state index in [1.807, 2.05) is 37.3 Å². The van der Waals surface area contributed by atoms with Crippen LogP contribution in [-0.4, -0.2) is 50.9 Å². The average molecular weight is 731 g/mol. The molecule has 0 saturated heterocycles. The maximum Gasteiger partial charge on any atom is 0.264 e. The number of nitrogens with zero attached hydrogens (tertiary/aromatic N) is 2. The fourth-order valence-corrected chi connectivity index (χ4v) is 6.95. The molecular formula is C36H38Cl3N3O5S. The molecule has 12 heteroatoms. The van der Waals surface area contributed by atoms with Crippen molar-refractivity contribution in [3.63, 3.8) is 0 Å². The molecular weight excluding hydrogens is 693 g/mol. The molecule has 0 spiro atoms. The number of ether oxygens (including phenoxy) is 1. The molecule has 4 rings (SSSR count). The lowest BCUT2D eigenvalue weighted by Gasteiger charge is -2.34. The van der Waals surface area contributed by atoms with Crippen molar-refractivity contribution in [3.05, 3.63) is 123 Å². The summed E-state index contributed by atoms with van der Waals surface area (Å²) >= 11 is 18.6. The van der Waals surface area contributed by atoms with Crippen LogP contribution >= 0.6 is 34.8 Å². The Kier molecular flexibility index (Phi) is 13.6. The minimum absolute atomic E-state index is 0.0453. The van der Waals surface area contributed by atoms with Crippen molar-refractivity contribution in [1.82, 2.24) is 10.2 Å². The Hall–Kier alpha value is -3.76. The number of carbonyl (C=O) groups excluding carboxylic acids is 2. The lowest BCUT2D eigenvalue weighted by molar-refractivity contribution is -0.140. The predicted molar refractivity (Wildman–Crippen MR) is 192 cm³/mol. The van der Waals surface area contributed by atoms with E-state index in [1.54, 1.807) is 49.4 Å². The first-order valence-corrected chi connectivity index (χ1v) is 18.2. The van der Waals surface area contributed by atoms with Gasteiger partial charge < -0.3 is 15.0 Å². The molecule has 0 aliphatic carbocycles. The van der Waals surface area contributed by atoms with Crippen molar-refractivity contribution < 1.29 is 22.7 Å². The van der Waals surface area contributed by atoms with E-state index in [0.717, 1.165) is 22.7 Å². The second kappa shape index (κ2) is 17.6. The molecule has 48 heavy (non-hydrogen) atoms. The summed E-state index contributed by atoms with van der Waals surface area (Å²) < 4.78 is 35.4. The zero-order chi connectivity index (χ0) is 34.7. The van der Waals surface area contributed by atoms with Crippen LogP contribution in [0.2, 0.25) is 15.1 Å². The molecule has 4 aromatic rings. The Labute approximate surface area is 297 Å². The normalized spacial score (nSPS) is 11.9. The van der Waals surface area contributed by atoms with Gasteiger partial charge in [0.1, 0.15) is 18.3 Å². The number of nitrogens with one attached hydrogen (secondary N) is 1. The van der Waals surface area contributed by atoms with Crippen LogP contribution in [0.15, 0.2) is 102 Å². The highest BCUT2D eigenvalue weighted by atomic mass is 35.5. The molecule has 0 aliphatic heterocycles. The highest BCUT2D eigenvalue weighted by Gasteiger charge is 2.35. The van der Waals surface area contributed by atoms with Crippen molar-refractivity contribution >= 4 is 62.3 Å². The number of anilines is 1. The first-order chi connectivity index (χ1) is 23.0. The Morgan fingerprint density at radius 2 is 1.52 bits per heavy atom. The van der Waals surface area contributed by atoms with Crippen molar-refractivity contribution in [3.8, 4) is 5.75 Å². The summed E-state index contributed by atoms with van der Waals surface area (Å²) in [5.41, 5.74) is 1.61. The number of sulfonamides is 1. The first kappa shape index (κ1) is 37.1. The van der Waals surface area contributed by atoms with Gasteiger partial charge in [-0.25, -0.2) is 8.42 Å². The molecule has 0 aliphatic rings. The molecule has 0 bridgehead atoms. The van der Waals surface area contributed by atoms with E-state index in [4.69, 9.17) is 39.5 Å². The van der Waals surface area contributed by atoms with Gasteiger partial charge in [-0.05, 0) is 73.0 Å². The van der Waals surface area contributed by atoms with Crippen LogP contribution in [0.5, 0.6) is 5.75 Å². The van der Waals surface area contributed by atoms with Crippen LogP contribution in [0.3, 0.4) is 0 Å². The van der Waals surface area contributed by atoms with Gasteiger partial charge in [-0.1, -0.05) is 96.7 Å². The molecule has 0 aromatic heterocycles. The van der Waals surface area contributed by atoms with Crippen LogP contribution < -0.4 is 14.4 Å². The molecule has 0 fully saturated rings. The van der Waals surface area contributed by atoms with Crippen molar-refractivity contribution in [2.24, 2.45) is 0 Å². The summed E-state index contributed by atoms with van der Waals surface area (Å²) in [7, 11) is -4.34. The minimum atomic E-state index is -4.34. The number of amides is 2. The lowest BCUT2D eigenvalue weighted by atomic mass is 10.0. The van der Waals surface area contributed by atoms with Gasteiger partial charge in [0.2, 0.25) is 11.8 Å².